The van der Waals surface area contributed by atoms with Crippen LogP contribution < -0.4 is 11.1 Å². The molecule has 0 amide bonds. The number of thiophene rings is 1. The Kier molecular flexibility index (Phi) is 4.39. The van der Waals surface area contributed by atoms with Crippen LogP contribution in [0.3, 0.4) is 0 Å². The van der Waals surface area contributed by atoms with Gasteiger partial charge in [0.2, 0.25) is 5.89 Å². The molecule has 0 aliphatic carbocycles. The molecule has 2 aromatic heterocycles. The molecule has 3 N–H and O–H groups in total. The lowest BCUT2D eigenvalue weighted by Gasteiger charge is -2.05. The van der Waals surface area contributed by atoms with Gasteiger partial charge in [0.15, 0.2) is 5.82 Å². The third kappa shape index (κ3) is 3.11. The highest BCUT2D eigenvalue weighted by Gasteiger charge is 2.23. The van der Waals surface area contributed by atoms with E-state index in [1.807, 2.05) is 6.07 Å². The molecule has 0 spiro atoms. The van der Waals surface area contributed by atoms with Crippen molar-refractivity contribution in [2.75, 3.05) is 17.7 Å². The van der Waals surface area contributed by atoms with Crippen molar-refractivity contribution in [2.45, 2.75) is 20.4 Å². The van der Waals surface area contributed by atoms with E-state index in [0.29, 0.717) is 16.7 Å². The molecular weight excluding hydrogens is 294 g/mol. The lowest BCUT2D eigenvalue weighted by Crippen LogP contribution is -2.10. The predicted molar refractivity (Wildman–Crippen MR) is 75.8 cm³/mol. The average molecular weight is 307 g/mol. The van der Waals surface area contributed by atoms with Crippen LogP contribution >= 0.6 is 11.3 Å². The highest BCUT2D eigenvalue weighted by atomic mass is 32.1. The maximum Gasteiger partial charge on any atom is 0.343 e. The number of esters is 1. The molecule has 0 bridgehead atoms. The monoisotopic (exact) mass is 307 g/mol. The van der Waals surface area contributed by atoms with E-state index in [0.717, 1.165) is 11.3 Å². The number of nitrogens with zero attached hydrogens (tertiary/aromatic N) is 3. The Bertz CT molecular complexity index is 700. The second kappa shape index (κ2) is 6.23. The molecule has 0 aliphatic heterocycles. The van der Waals surface area contributed by atoms with Gasteiger partial charge in [-0.05, 0) is 6.92 Å². The minimum atomic E-state index is -0.570. The van der Waals surface area contributed by atoms with Crippen molar-refractivity contribution in [2.24, 2.45) is 0 Å². The summed E-state index contributed by atoms with van der Waals surface area (Å²) in [6.45, 7) is 3.84. The van der Waals surface area contributed by atoms with Crippen LogP contribution in [0.4, 0.5) is 10.7 Å². The van der Waals surface area contributed by atoms with Crippen LogP contribution in [0, 0.1) is 18.3 Å². The Morgan fingerprint density at radius 2 is 2.38 bits per heavy atom. The van der Waals surface area contributed by atoms with Crippen molar-refractivity contribution in [3.8, 4) is 6.07 Å². The molecule has 0 saturated heterocycles. The summed E-state index contributed by atoms with van der Waals surface area (Å²) in [5.74, 6) is 0.313. The van der Waals surface area contributed by atoms with Crippen molar-refractivity contribution in [3.63, 3.8) is 0 Å². The number of nitrogen functional groups attached to an aromatic ring is 1. The van der Waals surface area contributed by atoms with E-state index in [-0.39, 0.29) is 29.3 Å². The normalized spacial score (nSPS) is 10.1. The quantitative estimate of drug-likeness (QED) is 0.799. The Hall–Kier alpha value is -2.60. The molecule has 0 fully saturated rings. The van der Waals surface area contributed by atoms with Crippen LogP contribution in [0.2, 0.25) is 0 Å². The Morgan fingerprint density at radius 3 is 2.95 bits per heavy atom. The number of nitrogens with two attached hydrogens (primary N) is 1. The van der Waals surface area contributed by atoms with Crippen molar-refractivity contribution >= 4 is 28.0 Å². The molecule has 0 atom stereocenters. The summed E-state index contributed by atoms with van der Waals surface area (Å²) < 4.78 is 9.80. The summed E-state index contributed by atoms with van der Waals surface area (Å²) in [5.41, 5.74) is 6.10. The van der Waals surface area contributed by atoms with E-state index in [1.54, 1.807) is 13.8 Å². The van der Waals surface area contributed by atoms with Gasteiger partial charge < -0.3 is 20.3 Å². The predicted octanol–water partition coefficient (Wildman–Crippen LogP) is 1.68. The smallest absolute Gasteiger partial charge is 0.343 e. The van der Waals surface area contributed by atoms with Crippen molar-refractivity contribution in [1.29, 1.82) is 5.26 Å². The fourth-order valence-corrected chi connectivity index (χ4v) is 2.53. The Morgan fingerprint density at radius 1 is 1.62 bits per heavy atom. The lowest BCUT2D eigenvalue weighted by atomic mass is 10.2. The molecule has 0 radical (unpaired) electrons. The number of anilines is 2. The zero-order valence-corrected chi connectivity index (χ0v) is 12.3. The molecule has 110 valence electrons. The first-order valence-corrected chi connectivity index (χ1v) is 6.91. The molecule has 8 nitrogen and oxygen atoms in total. The summed E-state index contributed by atoms with van der Waals surface area (Å²) in [6.07, 6.45) is 0. The number of hydrogen-bond donors (Lipinski definition) is 2. The SMILES string of the molecule is CCOC(=O)c1c(NCc2noc(C)n2)sc(C#N)c1N. The first-order chi connectivity index (χ1) is 10.1. The van der Waals surface area contributed by atoms with Gasteiger partial charge in [-0.3, -0.25) is 0 Å². The largest absolute Gasteiger partial charge is 0.462 e. The highest BCUT2D eigenvalue weighted by Crippen LogP contribution is 2.35. The van der Waals surface area contributed by atoms with E-state index in [9.17, 15) is 4.79 Å². The first kappa shape index (κ1) is 14.8. The minimum absolute atomic E-state index is 0.118. The van der Waals surface area contributed by atoms with Crippen LogP contribution in [0.1, 0.15) is 33.9 Å². The average Bonchev–Trinajstić information content (AvgIpc) is 3.00. The van der Waals surface area contributed by atoms with Gasteiger partial charge in [-0.25, -0.2) is 4.79 Å². The van der Waals surface area contributed by atoms with Gasteiger partial charge in [-0.2, -0.15) is 10.2 Å². The first-order valence-electron chi connectivity index (χ1n) is 6.09. The number of carbonyl (C=O) groups is 1. The molecule has 0 aromatic carbocycles. The maximum absolute atomic E-state index is 11.9. The topological polar surface area (TPSA) is 127 Å². The van der Waals surface area contributed by atoms with Crippen molar-refractivity contribution in [1.82, 2.24) is 10.1 Å². The summed E-state index contributed by atoms with van der Waals surface area (Å²) in [5, 5.41) is 16.2. The molecule has 0 unspecified atom stereocenters. The van der Waals surface area contributed by atoms with Gasteiger partial charge in [0.1, 0.15) is 21.5 Å². The molecule has 2 heterocycles. The van der Waals surface area contributed by atoms with E-state index < -0.39 is 5.97 Å². The molecule has 2 rings (SSSR count). The molecule has 0 aliphatic rings. The van der Waals surface area contributed by atoms with E-state index in [4.69, 9.17) is 20.3 Å². The van der Waals surface area contributed by atoms with Crippen LogP contribution in [-0.4, -0.2) is 22.7 Å². The van der Waals surface area contributed by atoms with Gasteiger partial charge in [0.05, 0.1) is 18.8 Å². The summed E-state index contributed by atoms with van der Waals surface area (Å²) in [4.78, 5) is 16.2. The van der Waals surface area contributed by atoms with E-state index in [2.05, 4.69) is 15.5 Å². The van der Waals surface area contributed by atoms with Crippen LogP contribution in [0.15, 0.2) is 4.52 Å². The third-order valence-electron chi connectivity index (χ3n) is 2.50. The number of nitriles is 1. The number of ether oxygens (including phenoxy) is 1. The van der Waals surface area contributed by atoms with Crippen LogP contribution in [-0.2, 0) is 11.3 Å². The van der Waals surface area contributed by atoms with Crippen molar-refractivity contribution < 1.29 is 14.1 Å². The zero-order valence-electron chi connectivity index (χ0n) is 11.5. The molecule has 21 heavy (non-hydrogen) atoms. The fourth-order valence-electron chi connectivity index (χ4n) is 1.63. The van der Waals surface area contributed by atoms with E-state index >= 15 is 0 Å². The van der Waals surface area contributed by atoms with Crippen LogP contribution in [0.25, 0.3) is 0 Å². The molecular formula is C12H13N5O3S. The molecule has 9 heteroatoms. The molecule has 0 saturated carbocycles. The maximum atomic E-state index is 11.9. The highest BCUT2D eigenvalue weighted by molar-refractivity contribution is 7.17. The number of aryl methyl sites for hydroxylation is 1. The number of hydrogen-bond acceptors (Lipinski definition) is 9. The Labute approximate surface area is 124 Å². The third-order valence-corrected chi connectivity index (χ3v) is 3.57. The van der Waals surface area contributed by atoms with Gasteiger partial charge in [0.25, 0.3) is 0 Å². The molecule has 2 aromatic rings. The second-order valence-corrected chi connectivity index (χ2v) is 4.99. The zero-order chi connectivity index (χ0) is 15.4. The van der Waals surface area contributed by atoms with Crippen LogP contribution in [0.5, 0.6) is 0 Å². The van der Waals surface area contributed by atoms with Gasteiger partial charge in [-0.1, -0.05) is 5.16 Å². The minimum Gasteiger partial charge on any atom is -0.462 e. The lowest BCUT2D eigenvalue weighted by molar-refractivity contribution is 0.0529. The summed E-state index contributed by atoms with van der Waals surface area (Å²) >= 11 is 1.08. The number of carbonyl (C=O) groups excluding carboxylic acids is 1. The number of nitrogens with one attached hydrogen (secondary N) is 1. The summed E-state index contributed by atoms with van der Waals surface area (Å²) in [6, 6.07) is 1.95. The second-order valence-electron chi connectivity index (χ2n) is 3.96. The van der Waals surface area contributed by atoms with Gasteiger partial charge >= 0.3 is 5.97 Å². The van der Waals surface area contributed by atoms with Gasteiger partial charge in [0, 0.05) is 6.92 Å². The number of aromatic nitrogens is 2. The Balaban J connectivity index is 2.25. The standard InChI is InChI=1S/C12H13N5O3S/c1-3-19-12(18)9-10(14)7(4-13)21-11(9)15-5-8-16-6(2)20-17-8/h15H,3,5,14H2,1-2H3. The summed E-state index contributed by atoms with van der Waals surface area (Å²) in [7, 11) is 0. The van der Waals surface area contributed by atoms with E-state index in [1.165, 1.54) is 0 Å². The van der Waals surface area contributed by atoms with Gasteiger partial charge in [-0.15, -0.1) is 11.3 Å². The number of rotatable bonds is 5. The van der Waals surface area contributed by atoms with Crippen molar-refractivity contribution in [3.05, 3.63) is 22.2 Å². The fraction of sp³-hybridized carbons (Fsp3) is 0.333.